The fourth-order valence-electron chi connectivity index (χ4n) is 3.77. The van der Waals surface area contributed by atoms with Gasteiger partial charge in [0.25, 0.3) is 0 Å². The lowest BCUT2D eigenvalue weighted by molar-refractivity contribution is 0.177. The average molecular weight is 454 g/mol. The topological polar surface area (TPSA) is 18.5 Å². The van der Waals surface area contributed by atoms with Gasteiger partial charge in [0, 0.05) is 42.9 Å². The summed E-state index contributed by atoms with van der Waals surface area (Å²) in [6.45, 7) is 7.11. The van der Waals surface area contributed by atoms with Gasteiger partial charge in [0.05, 0.1) is 0 Å². The number of benzene rings is 3. The Morgan fingerprint density at radius 3 is 2.46 bits per heavy atom. The van der Waals surface area contributed by atoms with E-state index in [1.54, 1.807) is 0 Å². The average Bonchev–Trinajstić information content (AvgIpc) is 2.70. The first-order valence-electron chi connectivity index (χ1n) is 9.60. The predicted molar refractivity (Wildman–Crippen MR) is 126 cm³/mol. The molecule has 1 saturated heterocycles. The molecule has 4 rings (SSSR count). The summed E-state index contributed by atoms with van der Waals surface area (Å²) < 4.78 is 1.07. The Labute approximate surface area is 180 Å². The molecule has 3 nitrogen and oxygen atoms in total. The second kappa shape index (κ2) is 8.60. The third kappa shape index (κ3) is 4.54. The van der Waals surface area contributed by atoms with Gasteiger partial charge in [0.2, 0.25) is 0 Å². The van der Waals surface area contributed by atoms with E-state index in [-0.39, 0.29) is 0 Å². The molecule has 0 bridgehead atoms. The van der Waals surface area contributed by atoms with Gasteiger partial charge in [-0.25, -0.2) is 0 Å². The molecule has 1 aliphatic rings. The third-order valence-corrected chi connectivity index (χ3v) is 6.13. The molecule has 3 aromatic rings. The van der Waals surface area contributed by atoms with Crippen LogP contribution in [0.2, 0.25) is 0 Å². The maximum Gasteiger partial charge on any atom is 0.173 e. The fourth-order valence-corrected chi connectivity index (χ4v) is 4.34. The van der Waals surface area contributed by atoms with Crippen LogP contribution in [0.5, 0.6) is 0 Å². The van der Waals surface area contributed by atoms with Crippen molar-refractivity contribution in [3.8, 4) is 0 Å². The number of anilines is 1. The van der Waals surface area contributed by atoms with E-state index in [4.69, 9.17) is 12.2 Å². The van der Waals surface area contributed by atoms with E-state index >= 15 is 0 Å². The lowest BCUT2D eigenvalue weighted by atomic mass is 10.0. The summed E-state index contributed by atoms with van der Waals surface area (Å²) in [5, 5.41) is 6.85. The van der Waals surface area contributed by atoms with Gasteiger partial charge in [-0.05, 0) is 59.7 Å². The number of hydrogen-bond acceptors (Lipinski definition) is 2. The number of rotatable bonds is 3. The molecule has 1 fully saturated rings. The van der Waals surface area contributed by atoms with E-state index < -0.39 is 0 Å². The van der Waals surface area contributed by atoms with Gasteiger partial charge in [-0.2, -0.15) is 0 Å². The maximum absolute atomic E-state index is 5.62. The van der Waals surface area contributed by atoms with Crippen molar-refractivity contribution in [1.29, 1.82) is 0 Å². The van der Waals surface area contributed by atoms with E-state index in [1.165, 1.54) is 21.9 Å². The van der Waals surface area contributed by atoms with Crippen molar-refractivity contribution in [2.24, 2.45) is 0 Å². The van der Waals surface area contributed by atoms with Crippen molar-refractivity contribution in [2.75, 3.05) is 31.5 Å². The number of halogens is 1. The quantitative estimate of drug-likeness (QED) is 0.532. The number of piperazine rings is 1. The van der Waals surface area contributed by atoms with Gasteiger partial charge >= 0.3 is 0 Å². The van der Waals surface area contributed by atoms with Gasteiger partial charge in [-0.15, -0.1) is 0 Å². The Kier molecular flexibility index (Phi) is 5.95. The Hall–Kier alpha value is -1.95. The minimum Gasteiger partial charge on any atom is -0.346 e. The molecule has 0 saturated carbocycles. The summed E-state index contributed by atoms with van der Waals surface area (Å²) in [4.78, 5) is 4.79. The summed E-state index contributed by atoms with van der Waals surface area (Å²) in [7, 11) is 0. The van der Waals surface area contributed by atoms with Crippen LogP contribution < -0.4 is 5.32 Å². The highest BCUT2D eigenvalue weighted by molar-refractivity contribution is 9.10. The molecular formula is C23H24BrN3S. The van der Waals surface area contributed by atoms with Crippen LogP contribution in [-0.4, -0.2) is 41.1 Å². The second-order valence-corrected chi connectivity index (χ2v) is 8.65. The summed E-state index contributed by atoms with van der Waals surface area (Å²) in [5.74, 6) is 0. The molecule has 0 spiro atoms. The number of aryl methyl sites for hydroxylation is 1. The van der Waals surface area contributed by atoms with E-state index in [0.717, 1.165) is 48.0 Å². The minimum atomic E-state index is 0.808. The van der Waals surface area contributed by atoms with Gasteiger partial charge in [-0.3, -0.25) is 4.90 Å². The third-order valence-electron chi connectivity index (χ3n) is 5.24. The zero-order valence-corrected chi connectivity index (χ0v) is 18.4. The molecule has 5 heteroatoms. The summed E-state index contributed by atoms with van der Waals surface area (Å²) >= 11 is 9.09. The Bertz CT molecular complexity index is 979. The van der Waals surface area contributed by atoms with Crippen LogP contribution in [-0.2, 0) is 6.54 Å². The van der Waals surface area contributed by atoms with Gasteiger partial charge in [0.15, 0.2) is 5.11 Å². The molecule has 144 valence electrons. The molecule has 1 heterocycles. The fraction of sp³-hybridized carbons (Fsp3) is 0.261. The first kappa shape index (κ1) is 19.4. The molecule has 0 atom stereocenters. The van der Waals surface area contributed by atoms with Crippen LogP contribution in [0.25, 0.3) is 10.8 Å². The van der Waals surface area contributed by atoms with Crippen molar-refractivity contribution in [3.05, 3.63) is 76.3 Å². The normalized spacial score (nSPS) is 15.0. The number of hydrogen-bond donors (Lipinski definition) is 1. The summed E-state index contributed by atoms with van der Waals surface area (Å²) in [6, 6.07) is 21.4. The number of fused-ring (bicyclic) bond motifs is 1. The Morgan fingerprint density at radius 2 is 1.71 bits per heavy atom. The van der Waals surface area contributed by atoms with Crippen LogP contribution in [0.4, 0.5) is 5.69 Å². The number of thiocarbonyl (C=S) groups is 1. The molecule has 0 aromatic heterocycles. The van der Waals surface area contributed by atoms with Crippen molar-refractivity contribution in [1.82, 2.24) is 9.80 Å². The smallest absolute Gasteiger partial charge is 0.173 e. The molecule has 0 radical (unpaired) electrons. The van der Waals surface area contributed by atoms with Crippen molar-refractivity contribution >= 4 is 49.7 Å². The van der Waals surface area contributed by atoms with Crippen molar-refractivity contribution < 1.29 is 0 Å². The molecule has 0 amide bonds. The van der Waals surface area contributed by atoms with Crippen molar-refractivity contribution in [2.45, 2.75) is 13.5 Å². The van der Waals surface area contributed by atoms with Crippen LogP contribution in [0.15, 0.2) is 65.1 Å². The van der Waals surface area contributed by atoms with Crippen LogP contribution in [0.1, 0.15) is 11.1 Å². The predicted octanol–water partition coefficient (Wildman–Crippen LogP) is 5.43. The molecule has 1 N–H and O–H groups in total. The summed E-state index contributed by atoms with van der Waals surface area (Å²) in [6.07, 6.45) is 0. The minimum absolute atomic E-state index is 0.808. The molecule has 0 unspecified atom stereocenters. The van der Waals surface area contributed by atoms with E-state index in [0.29, 0.717) is 0 Å². The molecular weight excluding hydrogens is 430 g/mol. The Morgan fingerprint density at radius 1 is 1.00 bits per heavy atom. The highest BCUT2D eigenvalue weighted by Crippen LogP contribution is 2.23. The number of nitrogens with zero attached hydrogens (tertiary/aromatic N) is 2. The zero-order valence-electron chi connectivity index (χ0n) is 16.0. The first-order chi connectivity index (χ1) is 13.6. The first-order valence-corrected chi connectivity index (χ1v) is 10.8. The maximum atomic E-state index is 5.62. The van der Waals surface area contributed by atoms with E-state index in [2.05, 4.69) is 74.4 Å². The second-order valence-electron chi connectivity index (χ2n) is 7.35. The molecule has 3 aromatic carbocycles. The number of nitrogens with one attached hydrogen (secondary N) is 1. The van der Waals surface area contributed by atoms with Crippen LogP contribution in [0.3, 0.4) is 0 Å². The molecule has 28 heavy (non-hydrogen) atoms. The van der Waals surface area contributed by atoms with Gasteiger partial charge in [0.1, 0.15) is 0 Å². The van der Waals surface area contributed by atoms with Gasteiger partial charge in [-0.1, -0.05) is 57.9 Å². The standard InChI is InChI=1S/C23H24BrN3S/c1-17-14-18-4-2-3-5-22(18)19(15-17)16-26-10-12-27(13-11-26)23(28)25-21-8-6-20(24)7-9-21/h2-9,14-15H,10-13,16H2,1H3,(H,25,28). The van der Waals surface area contributed by atoms with Gasteiger partial charge < -0.3 is 10.2 Å². The van der Waals surface area contributed by atoms with E-state index in [1.807, 2.05) is 24.3 Å². The Balaban J connectivity index is 1.37. The SMILES string of the molecule is Cc1cc(CN2CCN(C(=S)Nc3ccc(Br)cc3)CC2)c2ccccc2c1. The zero-order chi connectivity index (χ0) is 19.5. The van der Waals surface area contributed by atoms with Crippen molar-refractivity contribution in [3.63, 3.8) is 0 Å². The van der Waals surface area contributed by atoms with E-state index in [9.17, 15) is 0 Å². The lowest BCUT2D eigenvalue weighted by Crippen LogP contribution is -2.49. The highest BCUT2D eigenvalue weighted by Gasteiger charge is 2.19. The molecule has 1 aliphatic heterocycles. The van der Waals surface area contributed by atoms with Crippen LogP contribution in [0, 0.1) is 6.92 Å². The lowest BCUT2D eigenvalue weighted by Gasteiger charge is -2.36. The monoisotopic (exact) mass is 453 g/mol. The largest absolute Gasteiger partial charge is 0.346 e. The van der Waals surface area contributed by atoms with Crippen LogP contribution >= 0.6 is 28.1 Å². The molecule has 0 aliphatic carbocycles. The summed E-state index contributed by atoms with van der Waals surface area (Å²) in [5.41, 5.74) is 3.77. The highest BCUT2D eigenvalue weighted by atomic mass is 79.9.